The van der Waals surface area contributed by atoms with Crippen molar-refractivity contribution in [3.05, 3.63) is 18.5 Å². The lowest BCUT2D eigenvalue weighted by atomic mass is 9.69. The monoisotopic (exact) mass is 303 g/mol. The van der Waals surface area contributed by atoms with Crippen LogP contribution in [0.4, 0.5) is 0 Å². The lowest BCUT2D eigenvalue weighted by Crippen LogP contribution is -2.47. The SMILES string of the molecule is CN=C(NCCn1cccn1)NC1CCC2CCCCC2C1. The molecule has 0 bridgehead atoms. The Morgan fingerprint density at radius 1 is 1.23 bits per heavy atom. The average molecular weight is 303 g/mol. The number of aliphatic imine (C=N–C) groups is 1. The van der Waals surface area contributed by atoms with Gasteiger partial charge in [0.25, 0.3) is 0 Å². The summed E-state index contributed by atoms with van der Waals surface area (Å²) in [4.78, 5) is 4.37. The van der Waals surface area contributed by atoms with Gasteiger partial charge in [0.05, 0.1) is 6.54 Å². The van der Waals surface area contributed by atoms with Gasteiger partial charge in [-0.15, -0.1) is 0 Å². The Labute approximate surface area is 133 Å². The summed E-state index contributed by atoms with van der Waals surface area (Å²) in [7, 11) is 1.86. The molecular weight excluding hydrogens is 274 g/mol. The Balaban J connectivity index is 1.42. The van der Waals surface area contributed by atoms with Gasteiger partial charge in [0.1, 0.15) is 0 Å². The van der Waals surface area contributed by atoms with Crippen LogP contribution < -0.4 is 10.6 Å². The summed E-state index contributed by atoms with van der Waals surface area (Å²) in [5, 5.41) is 11.2. The first kappa shape index (κ1) is 15.4. The predicted octanol–water partition coefficient (Wildman–Crippen LogP) is 2.41. The molecule has 2 N–H and O–H groups in total. The van der Waals surface area contributed by atoms with Crippen LogP contribution in [0.1, 0.15) is 44.9 Å². The molecule has 3 atom stereocenters. The van der Waals surface area contributed by atoms with Gasteiger partial charge in [-0.1, -0.05) is 25.7 Å². The van der Waals surface area contributed by atoms with E-state index in [1.165, 1.54) is 44.9 Å². The van der Waals surface area contributed by atoms with Crippen LogP contribution in [-0.4, -0.2) is 35.4 Å². The van der Waals surface area contributed by atoms with E-state index < -0.39 is 0 Å². The maximum atomic E-state index is 4.37. The van der Waals surface area contributed by atoms with Crippen molar-refractivity contribution in [1.29, 1.82) is 0 Å². The number of nitrogens with zero attached hydrogens (tertiary/aromatic N) is 3. The zero-order valence-electron chi connectivity index (χ0n) is 13.7. The van der Waals surface area contributed by atoms with Gasteiger partial charge in [-0.25, -0.2) is 0 Å². The topological polar surface area (TPSA) is 54.2 Å². The average Bonchev–Trinajstić information content (AvgIpc) is 3.07. The summed E-state index contributed by atoms with van der Waals surface area (Å²) in [6, 6.07) is 2.55. The van der Waals surface area contributed by atoms with Crippen LogP contribution >= 0.6 is 0 Å². The standard InChI is InChI=1S/C17H29N5/c1-18-17(19-10-12-22-11-4-9-20-22)21-16-8-7-14-5-2-3-6-15(14)13-16/h4,9,11,14-16H,2-3,5-8,10,12-13H2,1H3,(H2,18,19,21). The van der Waals surface area contributed by atoms with Gasteiger partial charge in [0.2, 0.25) is 0 Å². The normalized spacial score (nSPS) is 29.0. The molecule has 1 aromatic rings. The highest BCUT2D eigenvalue weighted by atomic mass is 15.3. The van der Waals surface area contributed by atoms with Crippen LogP contribution in [0.5, 0.6) is 0 Å². The molecule has 2 aliphatic rings. The first-order valence-electron chi connectivity index (χ1n) is 8.80. The second-order valence-corrected chi connectivity index (χ2v) is 6.73. The van der Waals surface area contributed by atoms with E-state index in [2.05, 4.69) is 20.7 Å². The van der Waals surface area contributed by atoms with E-state index >= 15 is 0 Å². The van der Waals surface area contributed by atoms with Crippen molar-refractivity contribution < 1.29 is 0 Å². The minimum atomic E-state index is 0.593. The Morgan fingerprint density at radius 2 is 2.09 bits per heavy atom. The van der Waals surface area contributed by atoms with E-state index in [1.54, 1.807) is 0 Å². The number of fused-ring (bicyclic) bond motifs is 1. The Morgan fingerprint density at radius 3 is 2.86 bits per heavy atom. The van der Waals surface area contributed by atoms with Crippen LogP contribution in [0.3, 0.4) is 0 Å². The lowest BCUT2D eigenvalue weighted by molar-refractivity contribution is 0.150. The first-order chi connectivity index (χ1) is 10.8. The van der Waals surface area contributed by atoms with Gasteiger partial charge in [-0.2, -0.15) is 5.10 Å². The molecule has 2 saturated carbocycles. The molecule has 2 aliphatic carbocycles. The number of nitrogens with one attached hydrogen (secondary N) is 2. The molecule has 3 rings (SSSR count). The second kappa shape index (κ2) is 7.65. The van der Waals surface area contributed by atoms with Crippen LogP contribution in [0.25, 0.3) is 0 Å². The zero-order valence-corrected chi connectivity index (χ0v) is 13.7. The van der Waals surface area contributed by atoms with Gasteiger partial charge in [0.15, 0.2) is 5.96 Å². The van der Waals surface area contributed by atoms with Gasteiger partial charge in [-0.3, -0.25) is 9.67 Å². The summed E-state index contributed by atoms with van der Waals surface area (Å²) < 4.78 is 1.94. The molecule has 0 amide bonds. The van der Waals surface area contributed by atoms with Crippen LogP contribution in [0, 0.1) is 11.8 Å². The molecule has 0 saturated heterocycles. The van der Waals surface area contributed by atoms with Gasteiger partial charge < -0.3 is 10.6 Å². The largest absolute Gasteiger partial charge is 0.355 e. The summed E-state index contributed by atoms with van der Waals surface area (Å²) in [6.45, 7) is 1.71. The third kappa shape index (κ3) is 4.02. The van der Waals surface area contributed by atoms with E-state index in [9.17, 15) is 0 Å². The third-order valence-corrected chi connectivity index (χ3v) is 5.30. The number of hydrogen-bond acceptors (Lipinski definition) is 2. The molecule has 5 heteroatoms. The summed E-state index contributed by atoms with van der Waals surface area (Å²) >= 11 is 0. The summed E-state index contributed by atoms with van der Waals surface area (Å²) in [5.41, 5.74) is 0. The number of rotatable bonds is 4. The fourth-order valence-corrected chi connectivity index (χ4v) is 4.11. The van der Waals surface area contributed by atoms with Gasteiger partial charge in [0, 0.05) is 32.0 Å². The highest BCUT2D eigenvalue weighted by molar-refractivity contribution is 5.79. The van der Waals surface area contributed by atoms with Gasteiger partial charge in [-0.05, 0) is 37.2 Å². The minimum absolute atomic E-state index is 0.593. The molecular formula is C17H29N5. The number of hydrogen-bond donors (Lipinski definition) is 2. The van der Waals surface area contributed by atoms with E-state index in [1.807, 2.05) is 30.2 Å². The molecule has 2 fully saturated rings. The van der Waals surface area contributed by atoms with Crippen molar-refractivity contribution in [3.8, 4) is 0 Å². The van der Waals surface area contributed by atoms with Crippen molar-refractivity contribution in [2.24, 2.45) is 16.8 Å². The van der Waals surface area contributed by atoms with E-state index in [4.69, 9.17) is 0 Å². The molecule has 0 spiro atoms. The second-order valence-electron chi connectivity index (χ2n) is 6.73. The molecule has 22 heavy (non-hydrogen) atoms. The lowest BCUT2D eigenvalue weighted by Gasteiger charge is -2.39. The fourth-order valence-electron chi connectivity index (χ4n) is 4.11. The van der Waals surface area contributed by atoms with E-state index in [0.29, 0.717) is 6.04 Å². The first-order valence-corrected chi connectivity index (χ1v) is 8.80. The highest BCUT2D eigenvalue weighted by Crippen LogP contribution is 2.40. The summed E-state index contributed by atoms with van der Waals surface area (Å²) in [6.07, 6.45) is 13.6. The van der Waals surface area contributed by atoms with Crippen LogP contribution in [-0.2, 0) is 6.54 Å². The molecule has 1 heterocycles. The van der Waals surface area contributed by atoms with E-state index in [-0.39, 0.29) is 0 Å². The smallest absolute Gasteiger partial charge is 0.191 e. The van der Waals surface area contributed by atoms with Crippen molar-refractivity contribution in [1.82, 2.24) is 20.4 Å². The third-order valence-electron chi connectivity index (χ3n) is 5.30. The highest BCUT2D eigenvalue weighted by Gasteiger charge is 2.32. The Kier molecular flexibility index (Phi) is 5.35. The predicted molar refractivity (Wildman–Crippen MR) is 89.8 cm³/mol. The Hall–Kier alpha value is -1.52. The van der Waals surface area contributed by atoms with Crippen molar-refractivity contribution in [2.75, 3.05) is 13.6 Å². The van der Waals surface area contributed by atoms with Gasteiger partial charge >= 0.3 is 0 Å². The minimum Gasteiger partial charge on any atom is -0.355 e. The molecule has 1 aromatic heterocycles. The number of aromatic nitrogens is 2. The molecule has 122 valence electrons. The molecule has 0 aliphatic heterocycles. The van der Waals surface area contributed by atoms with Crippen LogP contribution in [0.2, 0.25) is 0 Å². The number of guanidine groups is 1. The zero-order chi connectivity index (χ0) is 15.2. The maximum Gasteiger partial charge on any atom is 0.191 e. The van der Waals surface area contributed by atoms with Crippen molar-refractivity contribution >= 4 is 5.96 Å². The Bertz CT molecular complexity index is 467. The maximum absolute atomic E-state index is 4.37. The fraction of sp³-hybridized carbons (Fsp3) is 0.765. The van der Waals surface area contributed by atoms with Crippen LogP contribution in [0.15, 0.2) is 23.5 Å². The van der Waals surface area contributed by atoms with Crippen molar-refractivity contribution in [2.45, 2.75) is 57.5 Å². The molecule has 0 radical (unpaired) electrons. The van der Waals surface area contributed by atoms with Crippen molar-refractivity contribution in [3.63, 3.8) is 0 Å². The molecule has 5 nitrogen and oxygen atoms in total. The summed E-state index contributed by atoms with van der Waals surface area (Å²) in [5.74, 6) is 2.88. The van der Waals surface area contributed by atoms with E-state index in [0.717, 1.165) is 30.9 Å². The quantitative estimate of drug-likeness (QED) is 0.663. The molecule has 3 unspecified atom stereocenters. The molecule has 0 aromatic carbocycles.